The van der Waals surface area contributed by atoms with Gasteiger partial charge in [-0.3, -0.25) is 0 Å². The number of thioether (sulfide) groups is 1. The highest BCUT2D eigenvalue weighted by molar-refractivity contribution is 9.10. The highest BCUT2D eigenvalue weighted by Gasteiger charge is 2.03. The second-order valence-electron chi connectivity index (χ2n) is 3.54. The van der Waals surface area contributed by atoms with Crippen molar-refractivity contribution in [1.82, 2.24) is 0 Å². The van der Waals surface area contributed by atoms with Gasteiger partial charge in [0.1, 0.15) is 4.32 Å². The molecule has 0 saturated carbocycles. The molecule has 0 aliphatic heterocycles. The Morgan fingerprint density at radius 2 is 2.13 bits per heavy atom. The van der Waals surface area contributed by atoms with E-state index < -0.39 is 0 Å². The molecule has 0 spiro atoms. The molecule has 1 nitrogen and oxygen atoms in total. The van der Waals surface area contributed by atoms with Crippen molar-refractivity contribution in [3.63, 3.8) is 0 Å². The minimum atomic E-state index is 0.515. The lowest BCUT2D eigenvalue weighted by molar-refractivity contribution is 1.12. The van der Waals surface area contributed by atoms with Gasteiger partial charge in [-0.2, -0.15) is 0 Å². The molecule has 1 N–H and O–H groups in total. The molecule has 0 bridgehead atoms. The van der Waals surface area contributed by atoms with Crippen LogP contribution in [0.3, 0.4) is 0 Å². The van der Waals surface area contributed by atoms with E-state index >= 15 is 0 Å². The maximum Gasteiger partial charge on any atom is 0.138 e. The standard InChI is InChI=1S/C11H14BrNS2/c1-7(2)15-11(14)13-9-4-5-10(12)8(3)6-9/h4-7H,1-3H3,(H,13,14). The summed E-state index contributed by atoms with van der Waals surface area (Å²) in [6.07, 6.45) is 0. The molecule has 0 amide bonds. The van der Waals surface area contributed by atoms with Crippen LogP contribution in [0.1, 0.15) is 19.4 Å². The van der Waals surface area contributed by atoms with Crippen LogP contribution in [0.5, 0.6) is 0 Å². The number of aryl methyl sites for hydroxylation is 1. The van der Waals surface area contributed by atoms with Crippen molar-refractivity contribution < 1.29 is 0 Å². The quantitative estimate of drug-likeness (QED) is 0.802. The largest absolute Gasteiger partial charge is 0.341 e. The molecule has 0 atom stereocenters. The number of thiocarbonyl (C=S) groups is 1. The number of benzene rings is 1. The van der Waals surface area contributed by atoms with Gasteiger partial charge >= 0.3 is 0 Å². The Morgan fingerprint density at radius 3 is 2.67 bits per heavy atom. The summed E-state index contributed by atoms with van der Waals surface area (Å²) in [5.41, 5.74) is 2.26. The van der Waals surface area contributed by atoms with Gasteiger partial charge in [-0.1, -0.05) is 53.8 Å². The van der Waals surface area contributed by atoms with E-state index in [-0.39, 0.29) is 0 Å². The molecule has 0 heterocycles. The molecular formula is C11H14BrNS2. The van der Waals surface area contributed by atoms with E-state index in [0.29, 0.717) is 5.25 Å². The molecule has 0 aliphatic rings. The van der Waals surface area contributed by atoms with Crippen LogP contribution in [0.15, 0.2) is 22.7 Å². The second kappa shape index (κ2) is 5.87. The molecule has 0 unspecified atom stereocenters. The highest BCUT2D eigenvalue weighted by atomic mass is 79.9. The molecule has 82 valence electrons. The van der Waals surface area contributed by atoms with Crippen molar-refractivity contribution in [3.8, 4) is 0 Å². The summed E-state index contributed by atoms with van der Waals surface area (Å²) < 4.78 is 1.95. The fourth-order valence-electron chi connectivity index (χ4n) is 1.08. The van der Waals surface area contributed by atoms with Crippen LogP contribution in [0.4, 0.5) is 5.69 Å². The van der Waals surface area contributed by atoms with Crippen LogP contribution < -0.4 is 5.32 Å². The van der Waals surface area contributed by atoms with E-state index in [1.54, 1.807) is 11.8 Å². The van der Waals surface area contributed by atoms with Crippen molar-refractivity contribution in [2.75, 3.05) is 5.32 Å². The number of halogens is 1. The molecule has 4 heteroatoms. The molecule has 0 aliphatic carbocycles. The van der Waals surface area contributed by atoms with Crippen molar-refractivity contribution in [3.05, 3.63) is 28.2 Å². The number of rotatable bonds is 2. The molecule has 0 aromatic heterocycles. The first-order valence-corrected chi connectivity index (χ1v) is 6.81. The van der Waals surface area contributed by atoms with E-state index in [1.165, 1.54) is 5.56 Å². The Balaban J connectivity index is 2.65. The lowest BCUT2D eigenvalue weighted by atomic mass is 10.2. The van der Waals surface area contributed by atoms with Crippen molar-refractivity contribution >= 4 is 49.9 Å². The molecule has 1 aromatic carbocycles. The van der Waals surface area contributed by atoms with Crippen LogP contribution >= 0.6 is 39.9 Å². The van der Waals surface area contributed by atoms with Gasteiger partial charge in [-0.25, -0.2) is 0 Å². The maximum absolute atomic E-state index is 5.23. The van der Waals surface area contributed by atoms with Crippen LogP contribution in [-0.2, 0) is 0 Å². The smallest absolute Gasteiger partial charge is 0.138 e. The average Bonchev–Trinajstić information content (AvgIpc) is 2.10. The van der Waals surface area contributed by atoms with E-state index in [4.69, 9.17) is 12.2 Å². The van der Waals surface area contributed by atoms with Gasteiger partial charge < -0.3 is 5.32 Å². The van der Waals surface area contributed by atoms with E-state index in [9.17, 15) is 0 Å². The van der Waals surface area contributed by atoms with Crippen LogP contribution in [0.2, 0.25) is 0 Å². The first-order chi connectivity index (χ1) is 6.99. The number of nitrogens with one attached hydrogen (secondary N) is 1. The number of anilines is 1. The zero-order valence-electron chi connectivity index (χ0n) is 9.00. The third-order valence-electron chi connectivity index (χ3n) is 1.75. The number of hydrogen-bond acceptors (Lipinski definition) is 2. The van der Waals surface area contributed by atoms with Crippen LogP contribution in [-0.4, -0.2) is 9.57 Å². The summed E-state index contributed by atoms with van der Waals surface area (Å²) in [7, 11) is 0. The van der Waals surface area contributed by atoms with Crippen molar-refractivity contribution in [2.24, 2.45) is 0 Å². The summed E-state index contributed by atoms with van der Waals surface area (Å²) in [5, 5.41) is 3.73. The minimum Gasteiger partial charge on any atom is -0.341 e. The summed E-state index contributed by atoms with van der Waals surface area (Å²) in [4.78, 5) is 0. The molecule has 1 aromatic rings. The fourth-order valence-corrected chi connectivity index (χ4v) is 2.63. The van der Waals surface area contributed by atoms with Gasteiger partial charge in [0.2, 0.25) is 0 Å². The Morgan fingerprint density at radius 1 is 1.47 bits per heavy atom. The second-order valence-corrected chi connectivity index (χ2v) is 6.65. The van der Waals surface area contributed by atoms with Crippen LogP contribution in [0.25, 0.3) is 0 Å². The molecule has 0 saturated heterocycles. The van der Waals surface area contributed by atoms with Crippen molar-refractivity contribution in [1.29, 1.82) is 0 Å². The maximum atomic E-state index is 5.23. The summed E-state index contributed by atoms with van der Waals surface area (Å²) in [6.45, 7) is 6.32. The third-order valence-corrected chi connectivity index (χ3v) is 3.82. The van der Waals surface area contributed by atoms with Gasteiger partial charge in [0.15, 0.2) is 0 Å². The van der Waals surface area contributed by atoms with Gasteiger partial charge in [0.05, 0.1) is 0 Å². The number of hydrogen-bond donors (Lipinski definition) is 1. The van der Waals surface area contributed by atoms with Gasteiger partial charge in [-0.15, -0.1) is 0 Å². The molecule has 15 heavy (non-hydrogen) atoms. The Kier molecular flexibility index (Phi) is 5.09. The first kappa shape index (κ1) is 13.0. The Bertz CT molecular complexity index is 364. The first-order valence-electron chi connectivity index (χ1n) is 4.73. The molecular weight excluding hydrogens is 290 g/mol. The highest BCUT2D eigenvalue weighted by Crippen LogP contribution is 2.21. The third kappa shape index (κ3) is 4.53. The SMILES string of the molecule is Cc1cc(NC(=S)SC(C)C)ccc1Br. The van der Waals surface area contributed by atoms with Crippen LogP contribution in [0, 0.1) is 6.92 Å². The lowest BCUT2D eigenvalue weighted by Gasteiger charge is -2.10. The van der Waals surface area contributed by atoms with E-state index in [1.807, 2.05) is 12.1 Å². The predicted molar refractivity (Wildman–Crippen MR) is 77.8 cm³/mol. The van der Waals surface area contributed by atoms with Crippen molar-refractivity contribution in [2.45, 2.75) is 26.0 Å². The predicted octanol–water partition coefficient (Wildman–Crippen LogP) is 4.60. The normalized spacial score (nSPS) is 10.5. The summed E-state index contributed by atoms with van der Waals surface area (Å²) in [6, 6.07) is 6.13. The molecule has 0 radical (unpaired) electrons. The Labute approximate surface area is 109 Å². The Hall–Kier alpha value is -0.0600. The van der Waals surface area contributed by atoms with Gasteiger partial charge in [0.25, 0.3) is 0 Å². The fraction of sp³-hybridized carbons (Fsp3) is 0.364. The lowest BCUT2D eigenvalue weighted by Crippen LogP contribution is -2.07. The minimum absolute atomic E-state index is 0.515. The zero-order chi connectivity index (χ0) is 11.4. The van der Waals surface area contributed by atoms with Gasteiger partial charge in [0, 0.05) is 15.4 Å². The molecule has 0 fully saturated rings. The van der Waals surface area contributed by atoms with E-state index in [0.717, 1.165) is 14.5 Å². The topological polar surface area (TPSA) is 12.0 Å². The zero-order valence-corrected chi connectivity index (χ0v) is 12.2. The molecule has 1 rings (SSSR count). The van der Waals surface area contributed by atoms with E-state index in [2.05, 4.69) is 48.1 Å². The monoisotopic (exact) mass is 303 g/mol. The average molecular weight is 304 g/mol. The summed E-state index contributed by atoms with van der Waals surface area (Å²) >= 11 is 10.4. The summed E-state index contributed by atoms with van der Waals surface area (Å²) in [5.74, 6) is 0. The van der Waals surface area contributed by atoms with Gasteiger partial charge in [-0.05, 0) is 30.7 Å².